The van der Waals surface area contributed by atoms with E-state index in [9.17, 15) is 4.57 Å². The van der Waals surface area contributed by atoms with Crippen LogP contribution in [0.25, 0.3) is 11.0 Å². The molecule has 0 atom stereocenters. The van der Waals surface area contributed by atoms with Crippen LogP contribution in [0.1, 0.15) is 50.5 Å². The van der Waals surface area contributed by atoms with Crippen molar-refractivity contribution in [1.82, 2.24) is 19.9 Å². The third kappa shape index (κ3) is 5.67. The van der Waals surface area contributed by atoms with E-state index in [1.165, 1.54) is 32.1 Å². The second kappa shape index (κ2) is 11.5. The van der Waals surface area contributed by atoms with Crippen molar-refractivity contribution in [3.05, 3.63) is 30.0 Å². The van der Waals surface area contributed by atoms with Crippen LogP contribution >= 0.6 is 7.14 Å². The van der Waals surface area contributed by atoms with Crippen LogP contribution in [0.4, 0.5) is 17.5 Å². The highest BCUT2D eigenvalue weighted by molar-refractivity contribution is 7.71. The molecule has 2 saturated heterocycles. The van der Waals surface area contributed by atoms with E-state index in [4.69, 9.17) is 19.4 Å². The van der Waals surface area contributed by atoms with Gasteiger partial charge < -0.3 is 29.7 Å². The molecule has 1 saturated carbocycles. The number of fused-ring (bicyclic) bond motifs is 1. The normalized spacial score (nSPS) is 21.2. The number of aromatic nitrogens is 3. The van der Waals surface area contributed by atoms with Gasteiger partial charge in [-0.15, -0.1) is 0 Å². The summed E-state index contributed by atoms with van der Waals surface area (Å²) in [6, 6.07) is 6.90. The summed E-state index contributed by atoms with van der Waals surface area (Å²) in [4.78, 5) is 15.5. The van der Waals surface area contributed by atoms with E-state index in [1.54, 1.807) is 7.11 Å². The predicted molar refractivity (Wildman–Crippen MR) is 158 cm³/mol. The summed E-state index contributed by atoms with van der Waals surface area (Å²) in [5, 5.41) is 9.01. The molecule has 0 bridgehead atoms. The molecule has 3 aromatic rings. The van der Waals surface area contributed by atoms with Gasteiger partial charge >= 0.3 is 0 Å². The first-order valence-electron chi connectivity index (χ1n) is 14.5. The number of H-pyrrole nitrogens is 1. The quantitative estimate of drug-likeness (QED) is 0.342. The minimum absolute atomic E-state index is 0.433. The number of aromatic amines is 1. The Bertz CT molecular complexity index is 1340. The highest BCUT2D eigenvalue weighted by atomic mass is 31.2. The van der Waals surface area contributed by atoms with Crippen LogP contribution < -0.4 is 20.7 Å². The molecule has 2 aromatic heterocycles. The average molecular weight is 553 g/mol. The number of aryl methyl sites for hydroxylation is 1. The van der Waals surface area contributed by atoms with E-state index in [-0.39, 0.29) is 0 Å². The molecule has 10 heteroatoms. The molecule has 0 amide bonds. The summed E-state index contributed by atoms with van der Waals surface area (Å²) in [5.41, 5.74) is 2.70. The smallest absolute Gasteiger partial charge is 0.231 e. The number of hydrogen-bond donors (Lipinski definition) is 3. The zero-order valence-electron chi connectivity index (χ0n) is 23.2. The fourth-order valence-electron chi connectivity index (χ4n) is 6.42. The molecular formula is C29H41N6O3P. The molecule has 0 unspecified atom stereocenters. The molecule has 6 rings (SSSR count). The molecule has 0 radical (unpaired) electrons. The van der Waals surface area contributed by atoms with Gasteiger partial charge in [-0.25, -0.2) is 0 Å². The molecule has 3 fully saturated rings. The average Bonchev–Trinajstić information content (AvgIpc) is 3.35. The minimum Gasteiger partial charge on any atom is -0.495 e. The number of nitrogens with one attached hydrogen (secondary N) is 3. The third-order valence-corrected chi connectivity index (χ3v) is 11.8. The lowest BCUT2D eigenvalue weighted by Gasteiger charge is -2.39. The number of anilines is 3. The SMILES string of the molecule is COc1cc(P2(=O)CCN(C3CCOCC3)CC2)ccc1Nc1nc(NC2CCCCC2)c2c(C)c[nH]c2n1. The number of methoxy groups -OCH3 is 1. The van der Waals surface area contributed by atoms with Crippen LogP contribution in [0.3, 0.4) is 0 Å². The highest BCUT2D eigenvalue weighted by Gasteiger charge is 2.34. The summed E-state index contributed by atoms with van der Waals surface area (Å²) in [5.74, 6) is 2.03. The Labute approximate surface area is 230 Å². The summed E-state index contributed by atoms with van der Waals surface area (Å²) in [7, 11) is -0.827. The van der Waals surface area contributed by atoms with Crippen molar-refractivity contribution in [1.29, 1.82) is 0 Å². The Morgan fingerprint density at radius 2 is 1.85 bits per heavy atom. The zero-order chi connectivity index (χ0) is 26.8. The van der Waals surface area contributed by atoms with Crippen LogP contribution in [0.2, 0.25) is 0 Å². The summed E-state index contributed by atoms with van der Waals surface area (Å²) < 4.78 is 25.3. The van der Waals surface area contributed by atoms with Gasteiger partial charge in [0.2, 0.25) is 5.95 Å². The molecule has 2 aliphatic heterocycles. The Hall–Kier alpha value is -2.61. The minimum atomic E-state index is -2.48. The van der Waals surface area contributed by atoms with E-state index in [0.29, 0.717) is 36.1 Å². The molecule has 3 N–H and O–H groups in total. The van der Waals surface area contributed by atoms with Crippen LogP contribution in [0.15, 0.2) is 24.4 Å². The van der Waals surface area contributed by atoms with Crippen molar-refractivity contribution in [3.63, 3.8) is 0 Å². The predicted octanol–water partition coefficient (Wildman–Crippen LogP) is 5.25. The molecule has 3 aliphatic rings. The number of nitrogens with zero attached hydrogens (tertiary/aromatic N) is 3. The molecular weight excluding hydrogens is 511 g/mol. The summed E-state index contributed by atoms with van der Waals surface area (Å²) in [6.07, 6.45) is 11.7. The lowest BCUT2D eigenvalue weighted by Crippen LogP contribution is -2.45. The topological polar surface area (TPSA) is 104 Å². The Morgan fingerprint density at radius 1 is 1.08 bits per heavy atom. The van der Waals surface area contributed by atoms with Crippen molar-refractivity contribution in [2.75, 3.05) is 56.4 Å². The zero-order valence-corrected chi connectivity index (χ0v) is 24.1. The van der Waals surface area contributed by atoms with Gasteiger partial charge in [0.1, 0.15) is 24.4 Å². The molecule has 9 nitrogen and oxygen atoms in total. The Kier molecular flexibility index (Phi) is 7.83. The summed E-state index contributed by atoms with van der Waals surface area (Å²) >= 11 is 0. The maximum atomic E-state index is 14.0. The van der Waals surface area contributed by atoms with Crippen molar-refractivity contribution >= 4 is 40.9 Å². The molecule has 210 valence electrons. The largest absolute Gasteiger partial charge is 0.495 e. The van der Waals surface area contributed by atoms with Gasteiger partial charge in [-0.3, -0.25) is 4.90 Å². The Balaban J connectivity index is 1.21. The monoisotopic (exact) mass is 552 g/mol. The van der Waals surface area contributed by atoms with Gasteiger partial charge in [-0.1, -0.05) is 19.3 Å². The van der Waals surface area contributed by atoms with Crippen LogP contribution in [0, 0.1) is 6.92 Å². The van der Waals surface area contributed by atoms with Crippen molar-refractivity contribution < 1.29 is 14.0 Å². The number of hydrogen-bond acceptors (Lipinski definition) is 8. The lowest BCUT2D eigenvalue weighted by atomic mass is 9.95. The van der Waals surface area contributed by atoms with Crippen LogP contribution in [-0.4, -0.2) is 77.7 Å². The number of rotatable bonds is 7. The van der Waals surface area contributed by atoms with E-state index < -0.39 is 7.14 Å². The van der Waals surface area contributed by atoms with Gasteiger partial charge in [0, 0.05) is 62.2 Å². The van der Waals surface area contributed by atoms with Crippen molar-refractivity contribution in [2.45, 2.75) is 64.0 Å². The van der Waals surface area contributed by atoms with Gasteiger partial charge in [0.25, 0.3) is 0 Å². The van der Waals surface area contributed by atoms with Gasteiger partial charge in [0.05, 0.1) is 18.2 Å². The number of ether oxygens (including phenoxy) is 2. The van der Waals surface area contributed by atoms with Crippen molar-refractivity contribution in [2.24, 2.45) is 0 Å². The first-order chi connectivity index (χ1) is 19.0. The van der Waals surface area contributed by atoms with E-state index in [2.05, 4.69) is 27.4 Å². The summed E-state index contributed by atoms with van der Waals surface area (Å²) in [6.45, 7) is 5.51. The fraction of sp³-hybridized carbons (Fsp3) is 0.586. The molecule has 1 aromatic carbocycles. The van der Waals surface area contributed by atoms with E-state index in [0.717, 1.165) is 72.6 Å². The molecule has 4 heterocycles. The molecule has 0 spiro atoms. The van der Waals surface area contributed by atoms with Gasteiger partial charge in [0.15, 0.2) is 0 Å². The van der Waals surface area contributed by atoms with Crippen LogP contribution in [-0.2, 0) is 9.30 Å². The van der Waals surface area contributed by atoms with Gasteiger partial charge in [-0.2, -0.15) is 9.97 Å². The standard InChI is InChI=1S/C29H41N6O3P/c1-20-19-30-27-26(20)28(31-21-6-4-3-5-7-21)34-29(33-27)32-24-9-8-23(18-25(24)37-2)39(36)16-12-35(13-17-39)22-10-14-38-15-11-22/h8-9,18-19,21-22H,3-7,10-17H2,1-2H3,(H3,30,31,32,33,34). The van der Waals surface area contributed by atoms with Crippen LogP contribution in [0.5, 0.6) is 5.75 Å². The lowest BCUT2D eigenvalue weighted by molar-refractivity contribution is 0.0371. The fourth-order valence-corrected chi connectivity index (χ4v) is 9.02. The first kappa shape index (κ1) is 26.6. The maximum Gasteiger partial charge on any atom is 0.231 e. The third-order valence-electron chi connectivity index (χ3n) is 8.78. The first-order valence-corrected chi connectivity index (χ1v) is 16.6. The van der Waals surface area contributed by atoms with E-state index in [1.807, 2.05) is 24.4 Å². The Morgan fingerprint density at radius 3 is 2.59 bits per heavy atom. The second-order valence-electron chi connectivity index (χ2n) is 11.3. The van der Waals surface area contributed by atoms with E-state index >= 15 is 0 Å². The molecule has 1 aliphatic carbocycles. The maximum absolute atomic E-state index is 14.0. The van der Waals surface area contributed by atoms with Crippen molar-refractivity contribution in [3.8, 4) is 5.75 Å². The van der Waals surface area contributed by atoms with Gasteiger partial charge in [-0.05, 0) is 56.4 Å². The second-order valence-corrected chi connectivity index (χ2v) is 14.5. The highest BCUT2D eigenvalue weighted by Crippen LogP contribution is 2.48. The number of benzene rings is 1. The molecule has 39 heavy (non-hydrogen) atoms.